The van der Waals surface area contributed by atoms with Crippen molar-refractivity contribution in [3.63, 3.8) is 0 Å². The van der Waals surface area contributed by atoms with Crippen molar-refractivity contribution in [2.24, 2.45) is 0 Å². The van der Waals surface area contributed by atoms with E-state index in [1.165, 1.54) is 17.5 Å². The van der Waals surface area contributed by atoms with Crippen LogP contribution in [0.5, 0.6) is 0 Å². The number of nitrogens with one attached hydrogen (secondary N) is 1. The van der Waals surface area contributed by atoms with E-state index in [9.17, 15) is 9.59 Å². The van der Waals surface area contributed by atoms with Gasteiger partial charge in [-0.1, -0.05) is 18.2 Å². The molecular weight excluding hydrogens is 354 g/mol. The van der Waals surface area contributed by atoms with Gasteiger partial charge in [0.15, 0.2) is 5.76 Å². The summed E-state index contributed by atoms with van der Waals surface area (Å²) in [6.07, 6.45) is 4.91. The highest BCUT2D eigenvalue weighted by Crippen LogP contribution is 2.25. The Balaban J connectivity index is 1.34. The molecular formula is C22H27N3O3. The van der Waals surface area contributed by atoms with Gasteiger partial charge in [-0.25, -0.2) is 0 Å². The third kappa shape index (κ3) is 3.77. The number of carbonyl (C=O) groups excluding carboxylic acids is 2. The summed E-state index contributed by atoms with van der Waals surface area (Å²) >= 11 is 0. The standard InChI is InChI=1S/C22H27N3O3/c1-16-6-2-3-7-18(16)23-17-10-13-24(14-11-17)21(26)19-8-4-12-25(19)22(27)20-9-5-15-28-20/h2-3,5-7,9,15,17,19,23H,4,8,10-14H2,1H3/t19-/m0/s1. The molecule has 1 N–H and O–H groups in total. The van der Waals surface area contributed by atoms with Crippen molar-refractivity contribution in [2.45, 2.75) is 44.7 Å². The lowest BCUT2D eigenvalue weighted by atomic mass is 10.0. The first-order valence-corrected chi connectivity index (χ1v) is 10.1. The summed E-state index contributed by atoms with van der Waals surface area (Å²) in [5.41, 5.74) is 2.40. The Bertz CT molecular complexity index is 825. The molecule has 2 aliphatic heterocycles. The third-order valence-electron chi connectivity index (χ3n) is 5.84. The quantitative estimate of drug-likeness (QED) is 0.883. The zero-order valence-electron chi connectivity index (χ0n) is 16.3. The Labute approximate surface area is 165 Å². The molecule has 1 aromatic heterocycles. The highest BCUT2D eigenvalue weighted by molar-refractivity contribution is 5.96. The molecule has 0 bridgehead atoms. The van der Waals surface area contributed by atoms with Crippen molar-refractivity contribution in [1.29, 1.82) is 0 Å². The SMILES string of the molecule is Cc1ccccc1NC1CCN(C(=O)[C@@H]2CCCN2C(=O)c2ccco2)CC1. The van der Waals surface area contributed by atoms with Gasteiger partial charge in [0.25, 0.3) is 5.91 Å². The van der Waals surface area contributed by atoms with Gasteiger partial charge in [0.05, 0.1) is 6.26 Å². The van der Waals surface area contributed by atoms with E-state index in [2.05, 4.69) is 24.4 Å². The summed E-state index contributed by atoms with van der Waals surface area (Å²) < 4.78 is 5.24. The van der Waals surface area contributed by atoms with Gasteiger partial charge >= 0.3 is 0 Å². The first-order valence-electron chi connectivity index (χ1n) is 10.1. The maximum Gasteiger partial charge on any atom is 0.290 e. The number of piperidine rings is 1. The number of benzene rings is 1. The summed E-state index contributed by atoms with van der Waals surface area (Å²) in [5, 5.41) is 3.61. The van der Waals surface area contributed by atoms with Crippen LogP contribution >= 0.6 is 0 Å². The van der Waals surface area contributed by atoms with Gasteiger partial charge in [-0.15, -0.1) is 0 Å². The first-order chi connectivity index (χ1) is 13.6. The molecule has 0 radical (unpaired) electrons. The molecule has 6 heteroatoms. The van der Waals surface area contributed by atoms with Crippen LogP contribution in [0.25, 0.3) is 0 Å². The van der Waals surface area contributed by atoms with E-state index in [-0.39, 0.29) is 17.9 Å². The lowest BCUT2D eigenvalue weighted by Crippen LogP contribution is -2.51. The number of aryl methyl sites for hydroxylation is 1. The Morgan fingerprint density at radius 1 is 1.04 bits per heavy atom. The zero-order chi connectivity index (χ0) is 19.5. The number of rotatable bonds is 4. The second-order valence-electron chi connectivity index (χ2n) is 7.69. The molecule has 2 aliphatic rings. The summed E-state index contributed by atoms with van der Waals surface area (Å²) in [6.45, 7) is 4.16. The minimum absolute atomic E-state index is 0.0757. The maximum absolute atomic E-state index is 13.1. The van der Waals surface area contributed by atoms with Gasteiger partial charge in [-0.05, 0) is 56.4 Å². The van der Waals surface area contributed by atoms with Gasteiger partial charge in [0.1, 0.15) is 6.04 Å². The fraction of sp³-hybridized carbons (Fsp3) is 0.455. The molecule has 1 aromatic carbocycles. The van der Waals surface area contributed by atoms with Crippen LogP contribution < -0.4 is 5.32 Å². The number of carbonyl (C=O) groups is 2. The fourth-order valence-corrected chi connectivity index (χ4v) is 4.22. The van der Waals surface area contributed by atoms with Crippen LogP contribution in [0.4, 0.5) is 5.69 Å². The topological polar surface area (TPSA) is 65.8 Å². The van der Waals surface area contributed by atoms with Crippen molar-refractivity contribution >= 4 is 17.5 Å². The fourth-order valence-electron chi connectivity index (χ4n) is 4.22. The van der Waals surface area contributed by atoms with E-state index in [1.807, 2.05) is 17.0 Å². The highest BCUT2D eigenvalue weighted by Gasteiger charge is 2.38. The van der Waals surface area contributed by atoms with Gasteiger partial charge in [0.2, 0.25) is 5.91 Å². The lowest BCUT2D eigenvalue weighted by Gasteiger charge is -2.36. The van der Waals surface area contributed by atoms with E-state index >= 15 is 0 Å². The van der Waals surface area contributed by atoms with Gasteiger partial charge in [-0.3, -0.25) is 9.59 Å². The molecule has 148 valence electrons. The maximum atomic E-state index is 13.1. The second kappa shape index (κ2) is 8.09. The Morgan fingerprint density at radius 2 is 1.82 bits per heavy atom. The number of likely N-dealkylation sites (tertiary alicyclic amines) is 2. The summed E-state index contributed by atoms with van der Waals surface area (Å²) in [6, 6.07) is 11.7. The average molecular weight is 381 g/mol. The number of hydrogen-bond donors (Lipinski definition) is 1. The number of hydrogen-bond acceptors (Lipinski definition) is 4. The van der Waals surface area contributed by atoms with Crippen molar-refractivity contribution in [2.75, 3.05) is 25.0 Å². The summed E-state index contributed by atoms with van der Waals surface area (Å²) in [5.74, 6) is 0.199. The van der Waals surface area contributed by atoms with Crippen LogP contribution in [0.15, 0.2) is 47.1 Å². The van der Waals surface area contributed by atoms with E-state index in [0.717, 1.165) is 38.8 Å². The molecule has 3 heterocycles. The first kappa shape index (κ1) is 18.6. The molecule has 2 amide bonds. The van der Waals surface area contributed by atoms with Crippen LogP contribution in [0.1, 0.15) is 41.8 Å². The van der Waals surface area contributed by atoms with Crippen LogP contribution in [0, 0.1) is 6.92 Å². The smallest absolute Gasteiger partial charge is 0.290 e. The molecule has 0 saturated carbocycles. The van der Waals surface area contributed by atoms with Gasteiger partial charge < -0.3 is 19.5 Å². The Morgan fingerprint density at radius 3 is 2.54 bits per heavy atom. The average Bonchev–Trinajstić information content (AvgIpc) is 3.41. The van der Waals surface area contributed by atoms with Crippen molar-refractivity contribution in [3.8, 4) is 0 Å². The highest BCUT2D eigenvalue weighted by atomic mass is 16.3. The molecule has 0 unspecified atom stereocenters. The minimum atomic E-state index is -0.363. The predicted octanol–water partition coefficient (Wildman–Crippen LogP) is 3.30. The molecule has 1 atom stereocenters. The number of para-hydroxylation sites is 1. The van der Waals surface area contributed by atoms with Gasteiger partial charge in [0, 0.05) is 31.4 Å². The molecule has 6 nitrogen and oxygen atoms in total. The molecule has 0 aliphatic carbocycles. The normalized spacial score (nSPS) is 20.4. The van der Waals surface area contributed by atoms with Crippen molar-refractivity contribution in [3.05, 3.63) is 54.0 Å². The molecule has 2 aromatic rings. The number of anilines is 1. The number of amides is 2. The van der Waals surface area contributed by atoms with Crippen LogP contribution in [-0.4, -0.2) is 53.3 Å². The van der Waals surface area contributed by atoms with E-state index < -0.39 is 0 Å². The molecule has 0 spiro atoms. The van der Waals surface area contributed by atoms with Crippen LogP contribution in [-0.2, 0) is 4.79 Å². The molecule has 2 fully saturated rings. The minimum Gasteiger partial charge on any atom is -0.459 e. The Kier molecular flexibility index (Phi) is 5.37. The predicted molar refractivity (Wildman–Crippen MR) is 107 cm³/mol. The molecule has 4 rings (SSSR count). The van der Waals surface area contributed by atoms with E-state index in [1.54, 1.807) is 17.0 Å². The van der Waals surface area contributed by atoms with E-state index in [0.29, 0.717) is 18.3 Å². The zero-order valence-corrected chi connectivity index (χ0v) is 16.3. The number of furan rings is 1. The summed E-state index contributed by atoms with van der Waals surface area (Å²) in [4.78, 5) is 29.3. The monoisotopic (exact) mass is 381 g/mol. The lowest BCUT2D eigenvalue weighted by molar-refractivity contribution is -0.136. The van der Waals surface area contributed by atoms with E-state index in [4.69, 9.17) is 4.42 Å². The van der Waals surface area contributed by atoms with Gasteiger partial charge in [-0.2, -0.15) is 0 Å². The Hall–Kier alpha value is -2.76. The van der Waals surface area contributed by atoms with Crippen molar-refractivity contribution in [1.82, 2.24) is 9.80 Å². The molecule has 28 heavy (non-hydrogen) atoms. The molecule has 2 saturated heterocycles. The third-order valence-corrected chi connectivity index (χ3v) is 5.84. The second-order valence-corrected chi connectivity index (χ2v) is 7.69. The van der Waals surface area contributed by atoms with Crippen LogP contribution in [0.2, 0.25) is 0 Å². The number of nitrogens with zero attached hydrogens (tertiary/aromatic N) is 2. The van der Waals surface area contributed by atoms with Crippen molar-refractivity contribution < 1.29 is 14.0 Å². The summed E-state index contributed by atoms with van der Waals surface area (Å²) in [7, 11) is 0. The largest absolute Gasteiger partial charge is 0.459 e. The van der Waals surface area contributed by atoms with Crippen LogP contribution in [0.3, 0.4) is 0 Å².